The average molecular weight is 425 g/mol. The lowest BCUT2D eigenvalue weighted by atomic mass is 10.3. The molecule has 150 valence electrons. The van der Waals surface area contributed by atoms with Crippen LogP contribution in [0.1, 0.15) is 19.3 Å². The SMILES string of the molecule is CN(C)C(=O)COC(=O)c1ccc(-c2ccc(C(=O)OCC(=O)N(C)C)s2)s1. The number of rotatable bonds is 7. The van der Waals surface area contributed by atoms with Gasteiger partial charge >= 0.3 is 11.9 Å². The zero-order valence-electron chi connectivity index (χ0n) is 15.9. The van der Waals surface area contributed by atoms with Gasteiger partial charge in [-0.25, -0.2) is 9.59 Å². The molecule has 0 aliphatic carbocycles. The summed E-state index contributed by atoms with van der Waals surface area (Å²) < 4.78 is 9.98. The number of amides is 2. The Labute approximate surface area is 170 Å². The Morgan fingerprint density at radius 1 is 0.714 bits per heavy atom. The highest BCUT2D eigenvalue weighted by atomic mass is 32.1. The quantitative estimate of drug-likeness (QED) is 0.631. The minimum absolute atomic E-state index is 0.306. The molecule has 2 aromatic rings. The van der Waals surface area contributed by atoms with Crippen molar-refractivity contribution in [3.05, 3.63) is 34.0 Å². The van der Waals surface area contributed by atoms with E-state index in [0.717, 1.165) is 9.75 Å². The van der Waals surface area contributed by atoms with Crippen LogP contribution in [0.4, 0.5) is 0 Å². The minimum atomic E-state index is -0.579. The number of carbonyl (C=O) groups is 4. The lowest BCUT2D eigenvalue weighted by Crippen LogP contribution is -2.27. The molecule has 0 bridgehead atoms. The fourth-order valence-electron chi connectivity index (χ4n) is 1.82. The Balaban J connectivity index is 1.98. The fraction of sp³-hybridized carbons (Fsp3) is 0.333. The predicted octanol–water partition coefficient (Wildman–Crippen LogP) is 1.97. The van der Waals surface area contributed by atoms with Crippen LogP contribution < -0.4 is 0 Å². The van der Waals surface area contributed by atoms with Crippen LogP contribution >= 0.6 is 22.7 Å². The van der Waals surface area contributed by atoms with Crippen LogP contribution in [0, 0.1) is 0 Å². The minimum Gasteiger partial charge on any atom is -0.451 e. The molecule has 8 nitrogen and oxygen atoms in total. The summed E-state index contributed by atoms with van der Waals surface area (Å²) >= 11 is 2.40. The molecule has 0 aliphatic heterocycles. The third-order valence-corrected chi connectivity index (χ3v) is 5.83. The third kappa shape index (κ3) is 5.64. The van der Waals surface area contributed by atoms with E-state index in [1.165, 1.54) is 32.5 Å². The van der Waals surface area contributed by atoms with Crippen LogP contribution in [0.2, 0.25) is 0 Å². The van der Waals surface area contributed by atoms with Crippen LogP contribution in [0.5, 0.6) is 0 Å². The van der Waals surface area contributed by atoms with Gasteiger partial charge < -0.3 is 19.3 Å². The van der Waals surface area contributed by atoms with Crippen molar-refractivity contribution in [2.24, 2.45) is 0 Å². The zero-order valence-corrected chi connectivity index (χ0v) is 17.5. The van der Waals surface area contributed by atoms with E-state index in [9.17, 15) is 19.2 Å². The van der Waals surface area contributed by atoms with E-state index in [4.69, 9.17) is 9.47 Å². The Morgan fingerprint density at radius 2 is 1.07 bits per heavy atom. The molecule has 0 spiro atoms. The Bertz CT molecular complexity index is 812. The molecule has 0 N–H and O–H groups in total. The summed E-state index contributed by atoms with van der Waals surface area (Å²) in [6.07, 6.45) is 0. The molecular weight excluding hydrogens is 404 g/mol. The number of carbonyl (C=O) groups excluding carboxylic acids is 4. The van der Waals surface area contributed by atoms with E-state index in [2.05, 4.69) is 0 Å². The first-order chi connectivity index (χ1) is 13.2. The van der Waals surface area contributed by atoms with Crippen molar-refractivity contribution >= 4 is 46.4 Å². The highest BCUT2D eigenvalue weighted by molar-refractivity contribution is 7.23. The topological polar surface area (TPSA) is 93.2 Å². The molecule has 0 aliphatic rings. The first kappa shape index (κ1) is 21.6. The smallest absolute Gasteiger partial charge is 0.348 e. The molecule has 0 fully saturated rings. The van der Waals surface area contributed by atoms with Crippen molar-refractivity contribution in [3.63, 3.8) is 0 Å². The number of thiophene rings is 2. The van der Waals surface area contributed by atoms with Gasteiger partial charge in [-0.2, -0.15) is 0 Å². The molecule has 10 heteroatoms. The molecule has 2 heterocycles. The highest BCUT2D eigenvalue weighted by Crippen LogP contribution is 2.34. The molecule has 2 rings (SSSR count). The predicted molar refractivity (Wildman–Crippen MR) is 106 cm³/mol. The normalized spacial score (nSPS) is 10.3. The molecular formula is C18H20N2O6S2. The number of ether oxygens (including phenoxy) is 2. The first-order valence-electron chi connectivity index (χ1n) is 8.13. The largest absolute Gasteiger partial charge is 0.451 e. The van der Waals surface area contributed by atoms with E-state index >= 15 is 0 Å². The van der Waals surface area contributed by atoms with Crippen molar-refractivity contribution < 1.29 is 28.7 Å². The highest BCUT2D eigenvalue weighted by Gasteiger charge is 2.17. The van der Waals surface area contributed by atoms with Gasteiger partial charge in [0, 0.05) is 37.9 Å². The number of esters is 2. The summed E-state index contributed by atoms with van der Waals surface area (Å²) in [4.78, 5) is 52.0. The van der Waals surface area contributed by atoms with Crippen LogP contribution in [0.3, 0.4) is 0 Å². The van der Waals surface area contributed by atoms with Gasteiger partial charge in [0.2, 0.25) is 0 Å². The molecule has 0 saturated heterocycles. The molecule has 0 radical (unpaired) electrons. The summed E-state index contributed by atoms with van der Waals surface area (Å²) in [5.74, 6) is -1.77. The molecule has 2 amide bonds. The molecule has 28 heavy (non-hydrogen) atoms. The lowest BCUT2D eigenvalue weighted by molar-refractivity contribution is -0.132. The molecule has 0 aromatic carbocycles. The van der Waals surface area contributed by atoms with Gasteiger partial charge in [-0.05, 0) is 24.3 Å². The second kappa shape index (κ2) is 9.47. The van der Waals surface area contributed by atoms with Gasteiger partial charge in [0.05, 0.1) is 0 Å². The van der Waals surface area contributed by atoms with Crippen molar-refractivity contribution in [1.29, 1.82) is 0 Å². The number of nitrogens with zero attached hydrogens (tertiary/aromatic N) is 2. The lowest BCUT2D eigenvalue weighted by Gasteiger charge is -2.09. The van der Waals surface area contributed by atoms with Gasteiger partial charge in [0.25, 0.3) is 11.8 Å². The van der Waals surface area contributed by atoms with E-state index in [-0.39, 0.29) is 25.0 Å². The maximum atomic E-state index is 12.0. The Kier molecular flexibility index (Phi) is 7.30. The zero-order chi connectivity index (χ0) is 20.8. The second-order valence-electron chi connectivity index (χ2n) is 6.06. The summed E-state index contributed by atoms with van der Waals surface area (Å²) in [6.45, 7) is -0.639. The maximum absolute atomic E-state index is 12.0. The second-order valence-corrected chi connectivity index (χ2v) is 8.22. The van der Waals surface area contributed by atoms with E-state index < -0.39 is 11.9 Å². The van der Waals surface area contributed by atoms with Crippen LogP contribution in [0.15, 0.2) is 24.3 Å². The maximum Gasteiger partial charge on any atom is 0.348 e. The van der Waals surface area contributed by atoms with Crippen molar-refractivity contribution in [1.82, 2.24) is 9.80 Å². The van der Waals surface area contributed by atoms with Crippen molar-refractivity contribution in [2.45, 2.75) is 0 Å². The average Bonchev–Trinajstić information content (AvgIpc) is 3.32. The van der Waals surface area contributed by atoms with Crippen molar-refractivity contribution in [3.8, 4) is 9.75 Å². The summed E-state index contributed by atoms with van der Waals surface area (Å²) in [6, 6.07) is 6.70. The van der Waals surface area contributed by atoms with Gasteiger partial charge in [0.15, 0.2) is 13.2 Å². The van der Waals surface area contributed by atoms with Crippen LogP contribution in [-0.2, 0) is 19.1 Å². The van der Waals surface area contributed by atoms with Gasteiger partial charge in [-0.3, -0.25) is 9.59 Å². The van der Waals surface area contributed by atoms with Crippen LogP contribution in [-0.4, -0.2) is 75.0 Å². The number of hydrogen-bond acceptors (Lipinski definition) is 8. The summed E-state index contributed by atoms with van der Waals surface area (Å²) in [5, 5.41) is 0. The first-order valence-corrected chi connectivity index (χ1v) is 9.77. The van der Waals surface area contributed by atoms with Crippen molar-refractivity contribution in [2.75, 3.05) is 41.4 Å². The monoisotopic (exact) mass is 424 g/mol. The number of hydrogen-bond donors (Lipinski definition) is 0. The molecule has 0 saturated carbocycles. The fourth-order valence-corrected chi connectivity index (χ4v) is 3.71. The summed E-state index contributed by atoms with van der Waals surface area (Å²) in [7, 11) is 6.31. The molecule has 2 aromatic heterocycles. The molecule has 0 atom stereocenters. The van der Waals surface area contributed by atoms with E-state index in [0.29, 0.717) is 9.75 Å². The molecule has 0 unspecified atom stereocenters. The standard InChI is InChI=1S/C18H20N2O6S2/c1-19(2)15(21)9-25-17(23)13-7-5-11(27-13)12-6-8-14(28-12)18(24)26-10-16(22)20(3)4/h5-8H,9-10H2,1-4H3. The van der Waals surface area contributed by atoms with E-state index in [1.807, 2.05) is 0 Å². The van der Waals surface area contributed by atoms with Gasteiger partial charge in [-0.15, -0.1) is 22.7 Å². The van der Waals surface area contributed by atoms with Gasteiger partial charge in [0.1, 0.15) is 9.75 Å². The third-order valence-electron chi connectivity index (χ3n) is 3.51. The number of likely N-dealkylation sites (N-methyl/N-ethyl adjacent to an activating group) is 2. The Hall–Kier alpha value is -2.72. The van der Waals surface area contributed by atoms with E-state index in [1.54, 1.807) is 52.5 Å². The Morgan fingerprint density at radius 3 is 1.39 bits per heavy atom. The summed E-state index contributed by atoms with van der Waals surface area (Å²) in [5.41, 5.74) is 0. The van der Waals surface area contributed by atoms with Gasteiger partial charge in [-0.1, -0.05) is 0 Å². The van der Waals surface area contributed by atoms with Crippen LogP contribution in [0.25, 0.3) is 9.75 Å².